The van der Waals surface area contributed by atoms with E-state index in [1.165, 1.54) is 0 Å². The molecule has 0 radical (unpaired) electrons. The molecular weight excluding hydrogens is 601 g/mol. The molecule has 5 rings (SSSR count). The van der Waals surface area contributed by atoms with Crippen molar-refractivity contribution in [1.82, 2.24) is 4.90 Å². The number of nitrogens with zero attached hydrogens (tertiary/aromatic N) is 1. The summed E-state index contributed by atoms with van der Waals surface area (Å²) in [6.45, 7) is 1.21. The van der Waals surface area contributed by atoms with Crippen molar-refractivity contribution in [3.8, 4) is 11.5 Å². The van der Waals surface area contributed by atoms with Crippen molar-refractivity contribution < 1.29 is 19.0 Å². The van der Waals surface area contributed by atoms with E-state index in [1.54, 1.807) is 14.2 Å². The summed E-state index contributed by atoms with van der Waals surface area (Å²) in [5, 5.41) is 0. The molecule has 39 heavy (non-hydrogen) atoms. The molecule has 0 spiro atoms. The molecule has 1 aliphatic heterocycles. The molecular formula is C33H32INO4. The van der Waals surface area contributed by atoms with Crippen LogP contribution in [0.5, 0.6) is 11.5 Å². The SMILES string of the molecule is COc1ccc(C(OCCCCN2C(=O)c3ccccc3[C@H]2I)(c2ccccc2)c2ccc(OC)cc2)cc1. The average Bonchev–Trinajstić information content (AvgIpc) is 3.24. The van der Waals surface area contributed by atoms with E-state index in [0.29, 0.717) is 13.2 Å². The Morgan fingerprint density at radius 1 is 0.718 bits per heavy atom. The van der Waals surface area contributed by atoms with Crippen LogP contribution in [0, 0.1) is 0 Å². The second kappa shape index (κ2) is 12.2. The van der Waals surface area contributed by atoms with Crippen LogP contribution in [-0.2, 0) is 10.3 Å². The van der Waals surface area contributed by atoms with Crippen LogP contribution in [0.1, 0.15) is 49.5 Å². The Morgan fingerprint density at radius 2 is 1.26 bits per heavy atom. The Hall–Kier alpha value is -3.36. The maximum absolute atomic E-state index is 13.0. The van der Waals surface area contributed by atoms with Gasteiger partial charge in [-0.15, -0.1) is 0 Å². The fourth-order valence-electron chi connectivity index (χ4n) is 5.22. The van der Waals surface area contributed by atoms with Crippen LogP contribution in [0.2, 0.25) is 0 Å². The molecule has 4 aromatic carbocycles. The standard InChI is InChI=1S/C33H32INO4/c1-37-27-18-14-25(15-19-27)33(24-10-4-3-5-11-24,26-16-20-28(38-2)21-17-26)39-23-9-8-22-35-31(34)29-12-6-7-13-30(29)32(35)36/h3-7,10-21,31H,8-9,22-23H2,1-2H3/t31-/m0/s1. The molecule has 0 aromatic heterocycles. The number of carbonyl (C=O) groups excluding carboxylic acids is 1. The molecule has 0 aliphatic carbocycles. The number of methoxy groups -OCH3 is 2. The van der Waals surface area contributed by atoms with Crippen LogP contribution in [0.4, 0.5) is 0 Å². The van der Waals surface area contributed by atoms with Crippen molar-refractivity contribution in [2.75, 3.05) is 27.4 Å². The van der Waals surface area contributed by atoms with Crippen LogP contribution in [0.15, 0.2) is 103 Å². The van der Waals surface area contributed by atoms with Crippen LogP contribution in [0.25, 0.3) is 0 Å². The van der Waals surface area contributed by atoms with Gasteiger partial charge in [0.2, 0.25) is 0 Å². The maximum atomic E-state index is 13.0. The first-order valence-electron chi connectivity index (χ1n) is 13.1. The second-order valence-corrected chi connectivity index (χ2v) is 10.7. The van der Waals surface area contributed by atoms with Gasteiger partial charge in [-0.1, -0.05) is 95.4 Å². The van der Waals surface area contributed by atoms with E-state index in [0.717, 1.165) is 52.2 Å². The van der Waals surface area contributed by atoms with Gasteiger partial charge in [-0.2, -0.15) is 0 Å². The van der Waals surface area contributed by atoms with Gasteiger partial charge in [-0.25, -0.2) is 0 Å². The van der Waals surface area contributed by atoms with E-state index >= 15 is 0 Å². The number of halogens is 1. The molecule has 1 amide bonds. The monoisotopic (exact) mass is 633 g/mol. The molecule has 1 atom stereocenters. The molecule has 1 aliphatic rings. The molecule has 0 bridgehead atoms. The number of carbonyl (C=O) groups is 1. The van der Waals surface area contributed by atoms with Gasteiger partial charge in [0.1, 0.15) is 21.1 Å². The zero-order valence-electron chi connectivity index (χ0n) is 22.2. The zero-order valence-corrected chi connectivity index (χ0v) is 24.3. The largest absolute Gasteiger partial charge is 0.497 e. The van der Waals surface area contributed by atoms with Crippen molar-refractivity contribution >= 4 is 28.5 Å². The number of alkyl halides is 1. The van der Waals surface area contributed by atoms with Gasteiger partial charge in [0.15, 0.2) is 0 Å². The highest BCUT2D eigenvalue weighted by atomic mass is 127. The van der Waals surface area contributed by atoms with E-state index in [9.17, 15) is 4.79 Å². The highest BCUT2D eigenvalue weighted by molar-refractivity contribution is 14.1. The predicted octanol–water partition coefficient (Wildman–Crippen LogP) is 7.38. The Bertz CT molecular complexity index is 1340. The molecule has 0 N–H and O–H groups in total. The summed E-state index contributed by atoms with van der Waals surface area (Å²) >= 11 is 2.36. The van der Waals surface area contributed by atoms with Crippen LogP contribution >= 0.6 is 22.6 Å². The molecule has 0 saturated carbocycles. The summed E-state index contributed by atoms with van der Waals surface area (Å²) in [5.74, 6) is 1.70. The maximum Gasteiger partial charge on any atom is 0.255 e. The highest BCUT2D eigenvalue weighted by Gasteiger charge is 2.38. The minimum absolute atomic E-state index is 0.0641. The summed E-state index contributed by atoms with van der Waals surface area (Å²) in [6.07, 6.45) is 1.65. The number of unbranched alkanes of at least 4 members (excludes halogenated alkanes) is 1. The lowest BCUT2D eigenvalue weighted by atomic mass is 9.80. The first-order valence-corrected chi connectivity index (χ1v) is 14.4. The lowest BCUT2D eigenvalue weighted by molar-refractivity contribution is 0.00991. The summed E-state index contributed by atoms with van der Waals surface area (Å²) in [4.78, 5) is 14.9. The zero-order chi connectivity index (χ0) is 27.2. The van der Waals surface area contributed by atoms with E-state index in [1.807, 2.05) is 71.6 Å². The summed E-state index contributed by atoms with van der Waals surface area (Å²) in [5.41, 5.74) is 4.15. The van der Waals surface area contributed by atoms with Crippen LogP contribution in [-0.4, -0.2) is 38.2 Å². The van der Waals surface area contributed by atoms with Crippen LogP contribution in [0.3, 0.4) is 0 Å². The first-order chi connectivity index (χ1) is 19.1. The number of rotatable bonds is 11. The smallest absolute Gasteiger partial charge is 0.255 e. The Morgan fingerprint density at radius 3 is 1.82 bits per heavy atom. The fourth-order valence-corrected chi connectivity index (χ4v) is 6.30. The van der Waals surface area contributed by atoms with Crippen molar-refractivity contribution in [3.05, 3.63) is 131 Å². The van der Waals surface area contributed by atoms with Crippen molar-refractivity contribution in [2.45, 2.75) is 22.5 Å². The van der Waals surface area contributed by atoms with E-state index < -0.39 is 5.60 Å². The van der Waals surface area contributed by atoms with Gasteiger partial charge >= 0.3 is 0 Å². The molecule has 1 heterocycles. The lowest BCUT2D eigenvalue weighted by Crippen LogP contribution is -2.33. The third kappa shape index (κ3) is 5.40. The molecule has 4 aromatic rings. The predicted molar refractivity (Wildman–Crippen MR) is 162 cm³/mol. The summed E-state index contributed by atoms with van der Waals surface area (Å²) in [6, 6.07) is 34.3. The minimum atomic E-state index is -0.828. The highest BCUT2D eigenvalue weighted by Crippen LogP contribution is 2.42. The quantitative estimate of drug-likeness (QED) is 0.0569. The van der Waals surface area contributed by atoms with Gasteiger partial charge in [-0.3, -0.25) is 4.79 Å². The second-order valence-electron chi connectivity index (χ2n) is 9.48. The molecule has 200 valence electrons. The Kier molecular flexibility index (Phi) is 8.53. The summed E-state index contributed by atoms with van der Waals surface area (Å²) in [7, 11) is 3.34. The Balaban J connectivity index is 1.39. The molecule has 0 saturated heterocycles. The minimum Gasteiger partial charge on any atom is -0.497 e. The molecule has 5 nitrogen and oxygen atoms in total. The molecule has 0 fully saturated rings. The first kappa shape index (κ1) is 27.2. The number of benzene rings is 4. The Labute approximate surface area is 243 Å². The van der Waals surface area contributed by atoms with Gasteiger partial charge in [0.25, 0.3) is 5.91 Å². The van der Waals surface area contributed by atoms with Crippen LogP contribution < -0.4 is 9.47 Å². The van der Waals surface area contributed by atoms with E-state index in [-0.39, 0.29) is 9.96 Å². The number of hydrogen-bond donors (Lipinski definition) is 0. The molecule has 0 unspecified atom stereocenters. The van der Waals surface area contributed by atoms with E-state index in [2.05, 4.69) is 59.0 Å². The van der Waals surface area contributed by atoms with E-state index in [4.69, 9.17) is 14.2 Å². The van der Waals surface area contributed by atoms with Gasteiger partial charge < -0.3 is 19.1 Å². The topological polar surface area (TPSA) is 48.0 Å². The average molecular weight is 634 g/mol. The molecule has 6 heteroatoms. The third-order valence-corrected chi connectivity index (χ3v) is 8.61. The number of hydrogen-bond acceptors (Lipinski definition) is 4. The number of fused-ring (bicyclic) bond motifs is 1. The summed E-state index contributed by atoms with van der Waals surface area (Å²) < 4.78 is 17.9. The van der Waals surface area contributed by atoms with Crippen molar-refractivity contribution in [3.63, 3.8) is 0 Å². The fraction of sp³-hybridized carbons (Fsp3) is 0.242. The van der Waals surface area contributed by atoms with Gasteiger partial charge in [-0.05, 0) is 65.4 Å². The van der Waals surface area contributed by atoms with Gasteiger partial charge in [0.05, 0.1) is 14.2 Å². The third-order valence-electron chi connectivity index (χ3n) is 7.27. The van der Waals surface area contributed by atoms with Crippen molar-refractivity contribution in [1.29, 1.82) is 0 Å². The number of amides is 1. The normalized spacial score (nSPS) is 14.8. The lowest BCUT2D eigenvalue weighted by Gasteiger charge is -2.36. The van der Waals surface area contributed by atoms with Crippen molar-refractivity contribution in [2.24, 2.45) is 0 Å². The number of ether oxygens (including phenoxy) is 3. The van der Waals surface area contributed by atoms with Gasteiger partial charge in [0, 0.05) is 18.7 Å².